The average molecular weight is 324 g/mol. The van der Waals surface area contributed by atoms with Gasteiger partial charge >= 0.3 is 0 Å². The first-order valence-electron chi connectivity index (χ1n) is 7.67. The molecule has 0 atom stereocenters. The van der Waals surface area contributed by atoms with Crippen LogP contribution in [0, 0.1) is 0 Å². The van der Waals surface area contributed by atoms with Crippen LogP contribution in [-0.4, -0.2) is 25.1 Å². The summed E-state index contributed by atoms with van der Waals surface area (Å²) in [5, 5.41) is 6.78. The van der Waals surface area contributed by atoms with Crippen molar-refractivity contribution in [3.63, 3.8) is 0 Å². The van der Waals surface area contributed by atoms with Crippen LogP contribution < -0.4 is 10.2 Å². The van der Waals surface area contributed by atoms with Crippen LogP contribution in [0.4, 0.5) is 5.13 Å². The smallest absolute Gasteiger partial charge is 0.185 e. The molecule has 0 aromatic carbocycles. The number of nitrogens with one attached hydrogen (secondary N) is 1. The average Bonchev–Trinajstić information content (AvgIpc) is 3.14. The molecule has 5 heteroatoms. The molecular weight excluding hydrogens is 298 g/mol. The Labute approximate surface area is 136 Å². The molecule has 2 aromatic rings. The highest BCUT2D eigenvalue weighted by molar-refractivity contribution is 7.15. The zero-order valence-electron chi connectivity index (χ0n) is 13.2. The topological polar surface area (TPSA) is 28.2 Å². The van der Waals surface area contributed by atoms with Gasteiger partial charge in [-0.05, 0) is 37.3 Å². The predicted octanol–water partition coefficient (Wildman–Crippen LogP) is 3.95. The van der Waals surface area contributed by atoms with Crippen LogP contribution in [0.25, 0.3) is 0 Å². The van der Waals surface area contributed by atoms with Crippen molar-refractivity contribution in [2.45, 2.75) is 39.7 Å². The van der Waals surface area contributed by atoms with Gasteiger partial charge in [-0.15, -0.1) is 22.7 Å². The van der Waals surface area contributed by atoms with Gasteiger partial charge in [0, 0.05) is 29.9 Å². The van der Waals surface area contributed by atoms with Gasteiger partial charge in [-0.25, -0.2) is 4.98 Å². The normalized spacial score (nSPS) is 11.0. The quantitative estimate of drug-likeness (QED) is 0.708. The third kappa shape index (κ3) is 4.80. The van der Waals surface area contributed by atoms with Crippen LogP contribution in [0.3, 0.4) is 0 Å². The second-order valence-electron chi connectivity index (χ2n) is 5.15. The molecule has 0 bridgehead atoms. The van der Waals surface area contributed by atoms with Crippen LogP contribution in [0.2, 0.25) is 0 Å². The number of aromatic nitrogens is 1. The summed E-state index contributed by atoms with van der Waals surface area (Å²) in [6, 6.07) is 4.33. The summed E-state index contributed by atoms with van der Waals surface area (Å²) in [6.45, 7) is 7.44. The van der Waals surface area contributed by atoms with E-state index in [1.54, 1.807) is 0 Å². The number of thiazole rings is 1. The minimum atomic E-state index is 0.952. The van der Waals surface area contributed by atoms with Gasteiger partial charge in [-0.2, -0.15) is 0 Å². The second kappa shape index (κ2) is 8.51. The molecule has 0 spiro atoms. The van der Waals surface area contributed by atoms with Gasteiger partial charge in [-0.3, -0.25) is 0 Å². The van der Waals surface area contributed by atoms with Crippen molar-refractivity contribution in [2.24, 2.45) is 0 Å². The molecule has 2 rings (SSSR count). The summed E-state index contributed by atoms with van der Waals surface area (Å²) in [4.78, 5) is 9.94. The van der Waals surface area contributed by atoms with Crippen LogP contribution in [-0.2, 0) is 19.4 Å². The van der Waals surface area contributed by atoms with Crippen molar-refractivity contribution >= 4 is 27.8 Å². The van der Waals surface area contributed by atoms with E-state index >= 15 is 0 Å². The standard InChI is InChI=1S/C16H25N3S2/c1-4-9-17-12-15-14(5-2)18-16(21-15)19(3)10-8-13-7-6-11-20-13/h6-7,11,17H,4-5,8-10,12H2,1-3H3. The van der Waals surface area contributed by atoms with E-state index in [0.717, 1.165) is 37.6 Å². The molecule has 0 saturated carbocycles. The minimum Gasteiger partial charge on any atom is -0.351 e. The van der Waals surface area contributed by atoms with Crippen molar-refractivity contribution in [1.82, 2.24) is 10.3 Å². The summed E-state index contributed by atoms with van der Waals surface area (Å²) in [5.41, 5.74) is 1.25. The van der Waals surface area contributed by atoms with Gasteiger partial charge in [0.1, 0.15) is 0 Å². The zero-order valence-corrected chi connectivity index (χ0v) is 14.8. The maximum Gasteiger partial charge on any atom is 0.185 e. The lowest BCUT2D eigenvalue weighted by Crippen LogP contribution is -2.19. The van der Waals surface area contributed by atoms with E-state index in [9.17, 15) is 0 Å². The Morgan fingerprint density at radius 2 is 2.19 bits per heavy atom. The number of anilines is 1. The van der Waals surface area contributed by atoms with Crippen LogP contribution in [0.5, 0.6) is 0 Å². The molecule has 116 valence electrons. The van der Waals surface area contributed by atoms with E-state index in [-0.39, 0.29) is 0 Å². The second-order valence-corrected chi connectivity index (χ2v) is 7.24. The molecule has 0 amide bonds. The molecule has 1 N–H and O–H groups in total. The van der Waals surface area contributed by atoms with Crippen molar-refractivity contribution in [2.75, 3.05) is 25.0 Å². The largest absolute Gasteiger partial charge is 0.351 e. The summed E-state index contributed by atoms with van der Waals surface area (Å²) in [7, 11) is 2.15. The van der Waals surface area contributed by atoms with Crippen LogP contribution in [0.1, 0.15) is 35.7 Å². The lowest BCUT2D eigenvalue weighted by atomic mass is 10.3. The van der Waals surface area contributed by atoms with E-state index in [2.05, 4.69) is 48.6 Å². The van der Waals surface area contributed by atoms with Gasteiger partial charge in [0.15, 0.2) is 5.13 Å². The molecule has 21 heavy (non-hydrogen) atoms. The van der Waals surface area contributed by atoms with Crippen molar-refractivity contribution in [1.29, 1.82) is 0 Å². The Kier molecular flexibility index (Phi) is 6.67. The van der Waals surface area contributed by atoms with Crippen molar-refractivity contribution < 1.29 is 0 Å². The Morgan fingerprint density at radius 1 is 1.33 bits per heavy atom. The molecule has 0 aliphatic heterocycles. The summed E-state index contributed by atoms with van der Waals surface area (Å²) >= 11 is 3.67. The molecule has 0 radical (unpaired) electrons. The number of rotatable bonds is 9. The Bertz CT molecular complexity index is 520. The van der Waals surface area contributed by atoms with E-state index in [0.29, 0.717) is 0 Å². The molecular formula is C16H25N3S2. The minimum absolute atomic E-state index is 0.952. The molecule has 0 aliphatic rings. The zero-order chi connectivity index (χ0) is 15.1. The fourth-order valence-electron chi connectivity index (χ4n) is 2.15. The number of likely N-dealkylation sites (N-methyl/N-ethyl adjacent to an activating group) is 1. The highest BCUT2D eigenvalue weighted by atomic mass is 32.1. The predicted molar refractivity (Wildman–Crippen MR) is 94.8 cm³/mol. The van der Waals surface area contributed by atoms with E-state index < -0.39 is 0 Å². The van der Waals surface area contributed by atoms with Gasteiger partial charge in [0.25, 0.3) is 0 Å². The van der Waals surface area contributed by atoms with Crippen LogP contribution in [0.15, 0.2) is 17.5 Å². The number of aryl methyl sites for hydroxylation is 1. The maximum atomic E-state index is 4.82. The van der Waals surface area contributed by atoms with E-state index in [1.165, 1.54) is 21.9 Å². The Morgan fingerprint density at radius 3 is 2.86 bits per heavy atom. The Hall–Kier alpha value is -0.910. The maximum absolute atomic E-state index is 4.82. The summed E-state index contributed by atoms with van der Waals surface area (Å²) in [6.07, 6.45) is 3.28. The van der Waals surface area contributed by atoms with Crippen molar-refractivity contribution in [3.05, 3.63) is 33.0 Å². The summed E-state index contributed by atoms with van der Waals surface area (Å²) < 4.78 is 0. The third-order valence-corrected chi connectivity index (χ3v) is 5.56. The molecule has 3 nitrogen and oxygen atoms in total. The monoisotopic (exact) mass is 323 g/mol. The molecule has 2 aromatic heterocycles. The first-order valence-corrected chi connectivity index (χ1v) is 9.37. The highest BCUT2D eigenvalue weighted by Gasteiger charge is 2.12. The fourth-order valence-corrected chi connectivity index (χ4v) is 3.96. The number of hydrogen-bond donors (Lipinski definition) is 1. The SMILES string of the molecule is CCCNCc1sc(N(C)CCc2cccs2)nc1CC. The van der Waals surface area contributed by atoms with Crippen LogP contribution >= 0.6 is 22.7 Å². The summed E-state index contributed by atoms with van der Waals surface area (Å²) in [5.74, 6) is 0. The molecule has 0 aliphatic carbocycles. The van der Waals surface area contributed by atoms with E-state index in [4.69, 9.17) is 4.98 Å². The lowest BCUT2D eigenvalue weighted by Gasteiger charge is -2.14. The first-order chi connectivity index (χ1) is 10.2. The third-order valence-electron chi connectivity index (χ3n) is 3.41. The first kappa shape index (κ1) is 16.5. The lowest BCUT2D eigenvalue weighted by molar-refractivity contribution is 0.676. The van der Waals surface area contributed by atoms with Gasteiger partial charge in [0.05, 0.1) is 5.69 Å². The molecule has 0 unspecified atom stereocenters. The fraction of sp³-hybridized carbons (Fsp3) is 0.562. The molecule has 2 heterocycles. The van der Waals surface area contributed by atoms with Gasteiger partial charge < -0.3 is 10.2 Å². The number of thiophene rings is 1. The van der Waals surface area contributed by atoms with E-state index in [1.807, 2.05) is 22.7 Å². The molecule has 0 saturated heterocycles. The Balaban J connectivity index is 1.94. The molecule has 0 fully saturated rings. The highest BCUT2D eigenvalue weighted by Crippen LogP contribution is 2.26. The number of hydrogen-bond acceptors (Lipinski definition) is 5. The van der Waals surface area contributed by atoms with Gasteiger partial charge in [0.2, 0.25) is 0 Å². The van der Waals surface area contributed by atoms with Gasteiger partial charge in [-0.1, -0.05) is 19.9 Å². The number of nitrogens with zero attached hydrogens (tertiary/aromatic N) is 2. The van der Waals surface area contributed by atoms with Crippen molar-refractivity contribution in [3.8, 4) is 0 Å².